The Bertz CT molecular complexity index is 886. The lowest BCUT2D eigenvalue weighted by Gasteiger charge is -2.19. The lowest BCUT2D eigenvalue weighted by Crippen LogP contribution is -2.34. The number of nitrogens with one attached hydrogen (secondary N) is 1. The van der Waals surface area contributed by atoms with E-state index in [9.17, 15) is 0 Å². The summed E-state index contributed by atoms with van der Waals surface area (Å²) in [5.41, 5.74) is 9.07. The number of nitrogens with zero attached hydrogens (tertiary/aromatic N) is 2. The van der Waals surface area contributed by atoms with Crippen molar-refractivity contribution in [1.82, 2.24) is 10.4 Å². The van der Waals surface area contributed by atoms with Crippen LogP contribution in [0.3, 0.4) is 0 Å². The third-order valence-electron chi connectivity index (χ3n) is 4.24. The Morgan fingerprint density at radius 2 is 1.50 bits per heavy atom. The largest absolute Gasteiger partial charge is 0.308 e. The second-order valence-electron chi connectivity index (χ2n) is 5.74. The molecule has 4 nitrogen and oxygen atoms in total. The molecule has 4 rings (SSSR count). The van der Waals surface area contributed by atoms with Crippen molar-refractivity contribution >= 4 is 5.84 Å². The van der Waals surface area contributed by atoms with Crippen molar-refractivity contribution in [2.45, 2.75) is 6.42 Å². The number of hydrogen-bond acceptors (Lipinski definition) is 4. The molecule has 2 heterocycles. The first-order chi connectivity index (χ1) is 11.9. The van der Waals surface area contributed by atoms with Gasteiger partial charge in [0.15, 0.2) is 0 Å². The molecule has 0 radical (unpaired) electrons. The molecule has 0 unspecified atom stereocenters. The number of hydrazine groups is 1. The van der Waals surface area contributed by atoms with Gasteiger partial charge in [0.2, 0.25) is 0 Å². The monoisotopic (exact) mass is 314 g/mol. The van der Waals surface area contributed by atoms with E-state index in [1.807, 2.05) is 36.4 Å². The summed E-state index contributed by atoms with van der Waals surface area (Å²) in [7, 11) is 0. The maximum absolute atomic E-state index is 5.65. The number of benzene rings is 2. The number of rotatable bonds is 2. The minimum Gasteiger partial charge on any atom is -0.308 e. The van der Waals surface area contributed by atoms with E-state index in [2.05, 4.69) is 40.8 Å². The molecule has 1 aromatic heterocycles. The van der Waals surface area contributed by atoms with E-state index < -0.39 is 0 Å². The van der Waals surface area contributed by atoms with E-state index in [1.54, 1.807) is 0 Å². The minimum atomic E-state index is 0.707. The van der Waals surface area contributed by atoms with Crippen molar-refractivity contribution < 1.29 is 0 Å². The highest BCUT2D eigenvalue weighted by atomic mass is 15.3. The first-order valence-electron chi connectivity index (χ1n) is 8.03. The first-order valence-corrected chi connectivity index (χ1v) is 8.03. The Balaban J connectivity index is 1.98. The molecular weight excluding hydrogens is 296 g/mol. The van der Waals surface area contributed by atoms with Gasteiger partial charge in [-0.25, -0.2) is 5.84 Å². The smallest absolute Gasteiger partial charge is 0.144 e. The zero-order valence-corrected chi connectivity index (χ0v) is 13.2. The number of fused-ring (bicyclic) bond motifs is 1. The summed E-state index contributed by atoms with van der Waals surface area (Å²) >= 11 is 0. The summed E-state index contributed by atoms with van der Waals surface area (Å²) in [5.74, 6) is 6.36. The summed E-state index contributed by atoms with van der Waals surface area (Å²) in [6, 6.07) is 22.8. The molecule has 4 heteroatoms. The molecule has 1 aliphatic rings. The van der Waals surface area contributed by atoms with Crippen molar-refractivity contribution in [3.8, 4) is 22.4 Å². The number of hydrogen-bond donors (Lipinski definition) is 2. The molecule has 0 saturated heterocycles. The van der Waals surface area contributed by atoms with E-state index >= 15 is 0 Å². The van der Waals surface area contributed by atoms with E-state index in [0.717, 1.165) is 40.1 Å². The molecule has 0 amide bonds. The normalized spacial score (nSPS) is 13.1. The average molecular weight is 314 g/mol. The van der Waals surface area contributed by atoms with Crippen LogP contribution < -0.4 is 11.3 Å². The molecule has 24 heavy (non-hydrogen) atoms. The molecule has 0 bridgehead atoms. The predicted molar refractivity (Wildman–Crippen MR) is 97.5 cm³/mol. The highest BCUT2D eigenvalue weighted by Crippen LogP contribution is 2.33. The van der Waals surface area contributed by atoms with Crippen molar-refractivity contribution in [2.24, 2.45) is 10.8 Å². The highest BCUT2D eigenvalue weighted by molar-refractivity contribution is 6.02. The zero-order valence-electron chi connectivity index (χ0n) is 13.2. The van der Waals surface area contributed by atoms with Gasteiger partial charge in [-0.2, -0.15) is 0 Å². The Morgan fingerprint density at radius 1 is 0.833 bits per heavy atom. The van der Waals surface area contributed by atoms with Crippen molar-refractivity contribution in [3.63, 3.8) is 0 Å². The molecule has 118 valence electrons. The SMILES string of the molecule is NNC1=NCCc2nc(-c3ccccc3)c(-c3ccccc3)cc21. The first kappa shape index (κ1) is 14.6. The van der Waals surface area contributed by atoms with Gasteiger partial charge in [0.25, 0.3) is 0 Å². The van der Waals surface area contributed by atoms with Crippen molar-refractivity contribution in [3.05, 3.63) is 78.0 Å². The number of aromatic nitrogens is 1. The van der Waals surface area contributed by atoms with Gasteiger partial charge < -0.3 is 5.43 Å². The average Bonchev–Trinajstić information content (AvgIpc) is 2.68. The second kappa shape index (κ2) is 6.26. The minimum absolute atomic E-state index is 0.707. The van der Waals surface area contributed by atoms with E-state index in [-0.39, 0.29) is 0 Å². The summed E-state index contributed by atoms with van der Waals surface area (Å²) in [4.78, 5) is 9.45. The van der Waals surface area contributed by atoms with Crippen LogP contribution in [0.15, 0.2) is 71.7 Å². The van der Waals surface area contributed by atoms with Crippen LogP contribution in [0.1, 0.15) is 11.3 Å². The third kappa shape index (κ3) is 2.57. The Kier molecular flexibility index (Phi) is 3.81. The quantitative estimate of drug-likeness (QED) is 0.564. The molecule has 0 atom stereocenters. The van der Waals surface area contributed by atoms with Crippen LogP contribution >= 0.6 is 0 Å². The third-order valence-corrected chi connectivity index (χ3v) is 4.24. The topological polar surface area (TPSA) is 63.3 Å². The van der Waals surface area contributed by atoms with Gasteiger partial charge in [0.1, 0.15) is 5.84 Å². The molecule has 3 N–H and O–H groups in total. The highest BCUT2D eigenvalue weighted by Gasteiger charge is 2.19. The number of nitrogens with two attached hydrogens (primary N) is 1. The van der Waals surface area contributed by atoms with Crippen LogP contribution in [0.5, 0.6) is 0 Å². The van der Waals surface area contributed by atoms with Gasteiger partial charge in [-0.15, -0.1) is 0 Å². The van der Waals surface area contributed by atoms with Gasteiger partial charge in [-0.05, 0) is 11.6 Å². The summed E-state index contributed by atoms with van der Waals surface area (Å²) in [6.45, 7) is 0.707. The van der Waals surface area contributed by atoms with Gasteiger partial charge in [-0.1, -0.05) is 60.7 Å². The molecule has 0 aliphatic carbocycles. The van der Waals surface area contributed by atoms with Crippen LogP contribution in [0.4, 0.5) is 0 Å². The molecule has 1 aliphatic heterocycles. The van der Waals surface area contributed by atoms with Gasteiger partial charge >= 0.3 is 0 Å². The van der Waals surface area contributed by atoms with Crippen molar-refractivity contribution in [1.29, 1.82) is 0 Å². The fraction of sp³-hybridized carbons (Fsp3) is 0.100. The summed E-state index contributed by atoms with van der Waals surface area (Å²) < 4.78 is 0. The van der Waals surface area contributed by atoms with Gasteiger partial charge in [0.05, 0.1) is 11.4 Å². The molecule has 0 fully saturated rings. The van der Waals surface area contributed by atoms with E-state index in [0.29, 0.717) is 12.4 Å². The number of amidine groups is 1. The number of aliphatic imine (C=N–C) groups is 1. The van der Waals surface area contributed by atoms with Crippen LogP contribution in [0.2, 0.25) is 0 Å². The zero-order chi connectivity index (χ0) is 16.4. The fourth-order valence-electron chi connectivity index (χ4n) is 3.08. The predicted octanol–water partition coefficient (Wildman–Crippen LogP) is 3.18. The van der Waals surface area contributed by atoms with E-state index in [4.69, 9.17) is 10.8 Å². The van der Waals surface area contributed by atoms with Gasteiger partial charge in [0, 0.05) is 29.7 Å². The van der Waals surface area contributed by atoms with Crippen LogP contribution in [-0.2, 0) is 6.42 Å². The van der Waals surface area contributed by atoms with Crippen LogP contribution in [-0.4, -0.2) is 17.4 Å². The lowest BCUT2D eigenvalue weighted by molar-refractivity contribution is 0.869. The maximum atomic E-state index is 5.65. The molecule has 3 aromatic rings. The molecule has 2 aromatic carbocycles. The number of pyridine rings is 1. The van der Waals surface area contributed by atoms with Crippen LogP contribution in [0, 0.1) is 0 Å². The Labute approximate surface area is 141 Å². The fourth-order valence-corrected chi connectivity index (χ4v) is 3.08. The maximum Gasteiger partial charge on any atom is 0.144 e. The second-order valence-corrected chi connectivity index (χ2v) is 5.74. The summed E-state index contributed by atoms with van der Waals surface area (Å²) in [6.07, 6.45) is 0.829. The molecular formula is C20H18N4. The lowest BCUT2D eigenvalue weighted by atomic mass is 9.95. The molecule has 0 saturated carbocycles. The summed E-state index contributed by atoms with van der Waals surface area (Å²) in [5, 5.41) is 0. The van der Waals surface area contributed by atoms with E-state index in [1.165, 1.54) is 0 Å². The van der Waals surface area contributed by atoms with Crippen LogP contribution in [0.25, 0.3) is 22.4 Å². The Hall–Kier alpha value is -2.98. The van der Waals surface area contributed by atoms with Crippen molar-refractivity contribution in [2.75, 3.05) is 6.54 Å². The Morgan fingerprint density at radius 3 is 2.17 bits per heavy atom. The van der Waals surface area contributed by atoms with Gasteiger partial charge in [-0.3, -0.25) is 9.98 Å². The molecule has 0 spiro atoms. The standard InChI is InChI=1S/C20H18N4/c21-24-20-17-13-16(14-7-3-1-4-8-14)19(15-9-5-2-6-10-15)23-18(17)11-12-22-20/h1-10,13H,11-12,21H2,(H,22,24).